The van der Waals surface area contributed by atoms with Crippen LogP contribution in [0.3, 0.4) is 0 Å². The molecule has 0 radical (unpaired) electrons. The van der Waals surface area contributed by atoms with Crippen molar-refractivity contribution in [3.8, 4) is 0 Å². The molecule has 30 heavy (non-hydrogen) atoms. The monoisotopic (exact) mass is 435 g/mol. The van der Waals surface area contributed by atoms with Crippen LogP contribution in [0.2, 0.25) is 0 Å². The van der Waals surface area contributed by atoms with E-state index in [0.717, 1.165) is 4.31 Å². The lowest BCUT2D eigenvalue weighted by Crippen LogP contribution is -2.30. The fourth-order valence-electron chi connectivity index (χ4n) is 2.51. The lowest BCUT2D eigenvalue weighted by molar-refractivity contribution is -0.385. The topological polar surface area (TPSA) is 136 Å². The van der Waals surface area contributed by atoms with Gasteiger partial charge in [0.15, 0.2) is 6.10 Å². The first-order chi connectivity index (χ1) is 13.9. The summed E-state index contributed by atoms with van der Waals surface area (Å²) in [6.07, 6.45) is -1.23. The van der Waals surface area contributed by atoms with E-state index >= 15 is 0 Å². The van der Waals surface area contributed by atoms with Crippen LogP contribution in [-0.4, -0.2) is 49.7 Å². The molecular formula is C19H21N3O7S. The van der Waals surface area contributed by atoms with Gasteiger partial charge >= 0.3 is 5.97 Å². The SMILES string of the molecule is Cc1c(C(=O)O[C@H](C)C(=O)Nc2cccc(S(=O)(=O)N(C)C)c2)cccc1[N+](=O)[O-]. The maximum atomic E-state index is 12.4. The number of ether oxygens (including phenoxy) is 1. The second-order valence-corrected chi connectivity index (χ2v) is 8.71. The molecule has 0 spiro atoms. The molecule has 0 unspecified atom stereocenters. The molecule has 0 aromatic heterocycles. The van der Waals surface area contributed by atoms with Crippen LogP contribution in [0, 0.1) is 17.0 Å². The van der Waals surface area contributed by atoms with E-state index in [1.807, 2.05) is 0 Å². The third-order valence-electron chi connectivity index (χ3n) is 4.26. The molecule has 11 heteroatoms. The summed E-state index contributed by atoms with van der Waals surface area (Å²) in [4.78, 5) is 35.1. The summed E-state index contributed by atoms with van der Waals surface area (Å²) >= 11 is 0. The Labute approximate surface area is 173 Å². The van der Waals surface area contributed by atoms with Gasteiger partial charge in [-0.3, -0.25) is 14.9 Å². The van der Waals surface area contributed by atoms with E-state index in [2.05, 4.69) is 5.32 Å². The number of carbonyl (C=O) groups is 2. The van der Waals surface area contributed by atoms with Gasteiger partial charge in [0.1, 0.15) is 0 Å². The molecule has 2 aromatic carbocycles. The number of sulfonamides is 1. The second kappa shape index (κ2) is 9.01. The number of nitrogens with zero attached hydrogens (tertiary/aromatic N) is 2. The highest BCUT2D eigenvalue weighted by Gasteiger charge is 2.24. The third-order valence-corrected chi connectivity index (χ3v) is 6.07. The molecule has 2 aromatic rings. The zero-order chi connectivity index (χ0) is 22.6. The van der Waals surface area contributed by atoms with Crippen LogP contribution >= 0.6 is 0 Å². The van der Waals surface area contributed by atoms with Gasteiger partial charge in [0, 0.05) is 31.4 Å². The molecule has 160 valence electrons. The van der Waals surface area contributed by atoms with Gasteiger partial charge < -0.3 is 10.1 Å². The summed E-state index contributed by atoms with van der Waals surface area (Å²) in [6, 6.07) is 9.61. The summed E-state index contributed by atoms with van der Waals surface area (Å²) < 4.78 is 30.6. The van der Waals surface area contributed by atoms with Gasteiger partial charge in [0.05, 0.1) is 15.4 Å². The maximum Gasteiger partial charge on any atom is 0.339 e. The predicted octanol–water partition coefficient (Wildman–Crippen LogP) is 2.34. The first kappa shape index (κ1) is 23.0. The number of carbonyl (C=O) groups excluding carboxylic acids is 2. The number of nitro groups is 1. The van der Waals surface area contributed by atoms with Crippen molar-refractivity contribution in [1.82, 2.24) is 4.31 Å². The highest BCUT2D eigenvalue weighted by Crippen LogP contribution is 2.22. The van der Waals surface area contributed by atoms with Crippen molar-refractivity contribution >= 4 is 33.3 Å². The summed E-state index contributed by atoms with van der Waals surface area (Å²) in [5.41, 5.74) is 0.0717. The number of nitro benzene ring substituents is 1. The van der Waals surface area contributed by atoms with Gasteiger partial charge in [-0.2, -0.15) is 0 Å². The number of benzene rings is 2. The smallest absolute Gasteiger partial charge is 0.339 e. The molecule has 0 heterocycles. The number of nitrogens with one attached hydrogen (secondary N) is 1. The number of rotatable bonds is 7. The van der Waals surface area contributed by atoms with Gasteiger partial charge in [-0.25, -0.2) is 17.5 Å². The zero-order valence-electron chi connectivity index (χ0n) is 16.8. The Bertz CT molecular complexity index is 1100. The zero-order valence-corrected chi connectivity index (χ0v) is 17.6. The summed E-state index contributed by atoms with van der Waals surface area (Å²) in [6.45, 7) is 2.75. The van der Waals surface area contributed by atoms with Crippen molar-refractivity contribution < 1.29 is 27.7 Å². The van der Waals surface area contributed by atoms with Crippen LogP contribution in [0.5, 0.6) is 0 Å². The highest BCUT2D eigenvalue weighted by atomic mass is 32.2. The highest BCUT2D eigenvalue weighted by molar-refractivity contribution is 7.89. The molecule has 2 rings (SSSR count). The lowest BCUT2D eigenvalue weighted by Gasteiger charge is -2.15. The van der Waals surface area contributed by atoms with Crippen LogP contribution in [0.1, 0.15) is 22.8 Å². The Kier molecular flexibility index (Phi) is 6.90. The van der Waals surface area contributed by atoms with Crippen molar-refractivity contribution in [2.75, 3.05) is 19.4 Å². The normalized spacial score (nSPS) is 12.3. The first-order valence-corrected chi connectivity index (χ1v) is 10.2. The van der Waals surface area contributed by atoms with E-state index in [-0.39, 0.29) is 27.4 Å². The Morgan fingerprint density at radius 3 is 2.40 bits per heavy atom. The molecule has 1 amide bonds. The Morgan fingerprint density at radius 1 is 1.17 bits per heavy atom. The average molecular weight is 435 g/mol. The van der Waals surface area contributed by atoms with E-state index in [4.69, 9.17) is 4.74 Å². The molecule has 0 saturated heterocycles. The quantitative estimate of drug-likeness (QED) is 0.400. The number of hydrogen-bond donors (Lipinski definition) is 1. The molecule has 0 aliphatic carbocycles. The van der Waals surface area contributed by atoms with E-state index < -0.39 is 32.9 Å². The van der Waals surface area contributed by atoms with E-state index in [1.165, 1.54) is 70.4 Å². The summed E-state index contributed by atoms with van der Waals surface area (Å²) in [5.74, 6) is -1.58. The average Bonchev–Trinajstić information content (AvgIpc) is 2.67. The van der Waals surface area contributed by atoms with Gasteiger partial charge in [-0.05, 0) is 38.1 Å². The van der Waals surface area contributed by atoms with E-state index in [9.17, 15) is 28.1 Å². The fraction of sp³-hybridized carbons (Fsp3) is 0.263. The summed E-state index contributed by atoms with van der Waals surface area (Å²) in [7, 11) is -0.911. The van der Waals surface area contributed by atoms with Crippen molar-refractivity contribution in [1.29, 1.82) is 0 Å². The van der Waals surface area contributed by atoms with Crippen LogP contribution in [-0.2, 0) is 19.6 Å². The van der Waals surface area contributed by atoms with Gasteiger partial charge in [0.2, 0.25) is 10.0 Å². The molecule has 0 bridgehead atoms. The minimum absolute atomic E-state index is 0.0119. The molecule has 0 aliphatic heterocycles. The molecule has 1 N–H and O–H groups in total. The predicted molar refractivity (Wildman–Crippen MR) is 109 cm³/mol. The van der Waals surface area contributed by atoms with Crippen LogP contribution in [0.25, 0.3) is 0 Å². The minimum atomic E-state index is -3.68. The van der Waals surface area contributed by atoms with E-state index in [0.29, 0.717) is 0 Å². The number of hydrogen-bond acceptors (Lipinski definition) is 7. The minimum Gasteiger partial charge on any atom is -0.449 e. The van der Waals surface area contributed by atoms with Crippen molar-refractivity contribution in [2.24, 2.45) is 0 Å². The van der Waals surface area contributed by atoms with Crippen LogP contribution in [0.4, 0.5) is 11.4 Å². The maximum absolute atomic E-state index is 12.4. The van der Waals surface area contributed by atoms with Crippen molar-refractivity contribution in [3.63, 3.8) is 0 Å². The molecule has 0 aliphatic rings. The molecule has 0 saturated carbocycles. The molecular weight excluding hydrogens is 414 g/mol. The lowest BCUT2D eigenvalue weighted by atomic mass is 10.1. The number of anilines is 1. The number of esters is 1. The van der Waals surface area contributed by atoms with Gasteiger partial charge in [-0.1, -0.05) is 12.1 Å². The van der Waals surface area contributed by atoms with Gasteiger partial charge in [-0.15, -0.1) is 0 Å². The summed E-state index contributed by atoms with van der Waals surface area (Å²) in [5, 5.41) is 13.5. The third kappa shape index (κ3) is 4.99. The van der Waals surface area contributed by atoms with Crippen LogP contribution < -0.4 is 5.32 Å². The van der Waals surface area contributed by atoms with Crippen molar-refractivity contribution in [2.45, 2.75) is 24.8 Å². The fourth-order valence-corrected chi connectivity index (χ4v) is 3.46. The number of amides is 1. The molecule has 1 atom stereocenters. The van der Waals surface area contributed by atoms with E-state index in [1.54, 1.807) is 0 Å². The Morgan fingerprint density at radius 2 is 1.80 bits per heavy atom. The Balaban J connectivity index is 2.14. The molecule has 10 nitrogen and oxygen atoms in total. The second-order valence-electron chi connectivity index (χ2n) is 6.56. The van der Waals surface area contributed by atoms with Crippen LogP contribution in [0.15, 0.2) is 47.4 Å². The molecule has 0 fully saturated rings. The standard InChI is InChI=1S/C19H21N3O7S/c1-12-16(9-6-10-17(12)22(25)26)19(24)29-13(2)18(23)20-14-7-5-8-15(11-14)30(27,28)21(3)4/h5-11,13H,1-4H3,(H,20,23)/t13-/m1/s1. The first-order valence-electron chi connectivity index (χ1n) is 8.73. The largest absolute Gasteiger partial charge is 0.449 e. The Hall–Kier alpha value is -3.31. The van der Waals surface area contributed by atoms with Gasteiger partial charge in [0.25, 0.3) is 11.6 Å². The van der Waals surface area contributed by atoms with Crippen molar-refractivity contribution in [3.05, 3.63) is 63.7 Å².